The first-order valence-corrected chi connectivity index (χ1v) is 11.1. The van der Waals surface area contributed by atoms with Crippen LogP contribution in [0.5, 0.6) is 0 Å². The van der Waals surface area contributed by atoms with Crippen LogP contribution in [0.4, 0.5) is 5.69 Å². The van der Waals surface area contributed by atoms with Gasteiger partial charge in [-0.05, 0) is 47.9 Å². The van der Waals surface area contributed by atoms with Gasteiger partial charge in [-0.15, -0.1) is 0 Å². The molecule has 6 nitrogen and oxygen atoms in total. The fourth-order valence-corrected chi connectivity index (χ4v) is 5.22. The molecule has 2 aromatic rings. The Morgan fingerprint density at radius 1 is 1.00 bits per heavy atom. The van der Waals surface area contributed by atoms with E-state index < -0.39 is 20.0 Å². The molecule has 1 heterocycles. The van der Waals surface area contributed by atoms with E-state index >= 15 is 0 Å². The average molecular weight is 421 g/mol. The van der Waals surface area contributed by atoms with Crippen LogP contribution in [0, 0.1) is 0 Å². The molecule has 2 aromatic carbocycles. The summed E-state index contributed by atoms with van der Waals surface area (Å²) in [5.74, 6) is -0.236. The number of hydrogen-bond donors (Lipinski definition) is 1. The second kappa shape index (κ2) is 6.44. The number of anilines is 1. The molecule has 0 saturated heterocycles. The van der Waals surface area contributed by atoms with Gasteiger partial charge >= 0.3 is 0 Å². The van der Waals surface area contributed by atoms with Crippen molar-refractivity contribution in [1.82, 2.24) is 0 Å². The number of nitrogens with zero attached hydrogens (tertiary/aromatic N) is 1. The molecule has 0 radical (unpaired) electrons. The van der Waals surface area contributed by atoms with E-state index in [4.69, 9.17) is 28.3 Å². The Bertz CT molecular complexity index is 1050. The standard InChI is InChI=1S/C15H14Cl2N2O4S2/c16-13-3-1-10(7-14(13)17)9-24(20,21)19-6-5-11-8-12(25(18,22)23)2-4-15(11)19/h1-4,7-8H,5-6,9H2,(H2,18,22,23). The van der Waals surface area contributed by atoms with E-state index in [0.717, 1.165) is 0 Å². The minimum absolute atomic E-state index is 0.0324. The first kappa shape index (κ1) is 18.5. The van der Waals surface area contributed by atoms with Gasteiger partial charge in [-0.2, -0.15) is 0 Å². The smallest absolute Gasteiger partial charge is 0.239 e. The average Bonchev–Trinajstić information content (AvgIpc) is 2.93. The van der Waals surface area contributed by atoms with Crippen molar-refractivity contribution in [3.8, 4) is 0 Å². The van der Waals surface area contributed by atoms with E-state index in [1.165, 1.54) is 28.6 Å². The zero-order valence-corrected chi connectivity index (χ0v) is 16.0. The topological polar surface area (TPSA) is 97.5 Å². The highest BCUT2D eigenvalue weighted by Crippen LogP contribution is 2.33. The molecule has 25 heavy (non-hydrogen) atoms. The van der Waals surface area contributed by atoms with Crippen LogP contribution < -0.4 is 9.44 Å². The first-order valence-electron chi connectivity index (χ1n) is 7.18. The second-order valence-electron chi connectivity index (χ2n) is 5.66. The normalized spacial score (nSPS) is 14.6. The van der Waals surface area contributed by atoms with Crippen molar-refractivity contribution in [2.24, 2.45) is 5.14 Å². The van der Waals surface area contributed by atoms with Gasteiger partial charge in [-0.1, -0.05) is 29.3 Å². The molecule has 2 N–H and O–H groups in total. The van der Waals surface area contributed by atoms with Crippen molar-refractivity contribution in [2.45, 2.75) is 17.1 Å². The Balaban J connectivity index is 1.92. The molecule has 10 heteroatoms. The van der Waals surface area contributed by atoms with E-state index in [9.17, 15) is 16.8 Å². The largest absolute Gasteiger partial charge is 0.269 e. The van der Waals surface area contributed by atoms with Gasteiger partial charge < -0.3 is 0 Å². The van der Waals surface area contributed by atoms with Crippen LogP contribution in [0.15, 0.2) is 41.3 Å². The van der Waals surface area contributed by atoms with Crippen molar-refractivity contribution >= 4 is 48.9 Å². The van der Waals surface area contributed by atoms with E-state index in [1.54, 1.807) is 12.1 Å². The van der Waals surface area contributed by atoms with Gasteiger partial charge in [-0.25, -0.2) is 22.0 Å². The van der Waals surface area contributed by atoms with Crippen molar-refractivity contribution in [3.63, 3.8) is 0 Å². The number of hydrogen-bond acceptors (Lipinski definition) is 4. The number of rotatable bonds is 4. The maximum atomic E-state index is 12.7. The maximum Gasteiger partial charge on any atom is 0.239 e. The van der Waals surface area contributed by atoms with Crippen LogP contribution in [0.3, 0.4) is 0 Å². The maximum absolute atomic E-state index is 12.7. The van der Waals surface area contributed by atoms with E-state index in [1.807, 2.05) is 0 Å². The number of nitrogens with two attached hydrogens (primary N) is 1. The highest BCUT2D eigenvalue weighted by Gasteiger charge is 2.30. The summed E-state index contributed by atoms with van der Waals surface area (Å²) in [5, 5.41) is 5.75. The molecule has 0 aliphatic carbocycles. The van der Waals surface area contributed by atoms with Gasteiger partial charge in [0.05, 0.1) is 26.4 Å². The lowest BCUT2D eigenvalue weighted by Crippen LogP contribution is -2.30. The Labute approximate surface area is 156 Å². The van der Waals surface area contributed by atoms with Crippen LogP contribution in [0.2, 0.25) is 10.0 Å². The first-order chi connectivity index (χ1) is 11.6. The lowest BCUT2D eigenvalue weighted by Gasteiger charge is -2.20. The summed E-state index contributed by atoms with van der Waals surface area (Å²) in [6, 6.07) is 8.86. The predicted octanol–water partition coefficient (Wildman–Crippen LogP) is 2.53. The van der Waals surface area contributed by atoms with Crippen molar-refractivity contribution in [3.05, 3.63) is 57.6 Å². The lowest BCUT2D eigenvalue weighted by molar-refractivity contribution is 0.591. The molecule has 0 atom stereocenters. The third-order valence-electron chi connectivity index (χ3n) is 3.90. The lowest BCUT2D eigenvalue weighted by atomic mass is 10.2. The summed E-state index contributed by atoms with van der Waals surface area (Å²) in [5.41, 5.74) is 1.61. The van der Waals surface area contributed by atoms with Gasteiger partial charge in [0.1, 0.15) is 0 Å². The molecule has 0 saturated carbocycles. The summed E-state index contributed by atoms with van der Waals surface area (Å²) >= 11 is 11.8. The summed E-state index contributed by atoms with van der Waals surface area (Å²) in [4.78, 5) is -0.0324. The Morgan fingerprint density at radius 3 is 2.36 bits per heavy atom. The molecule has 0 bridgehead atoms. The van der Waals surface area contributed by atoms with Crippen molar-refractivity contribution < 1.29 is 16.8 Å². The fourth-order valence-electron chi connectivity index (χ4n) is 2.73. The fraction of sp³-hybridized carbons (Fsp3) is 0.200. The molecule has 0 spiro atoms. The minimum Gasteiger partial charge on any atom is -0.269 e. The Morgan fingerprint density at radius 2 is 1.72 bits per heavy atom. The van der Waals surface area contributed by atoms with Crippen LogP contribution in [0.1, 0.15) is 11.1 Å². The van der Waals surface area contributed by atoms with E-state index in [-0.39, 0.29) is 22.2 Å². The zero-order chi connectivity index (χ0) is 18.4. The predicted molar refractivity (Wildman–Crippen MR) is 98.0 cm³/mol. The third-order valence-corrected chi connectivity index (χ3v) is 7.30. The molecule has 0 fully saturated rings. The number of benzene rings is 2. The molecule has 0 aromatic heterocycles. The Hall–Kier alpha value is -1.32. The molecule has 3 rings (SSSR count). The molecule has 1 aliphatic heterocycles. The summed E-state index contributed by atoms with van der Waals surface area (Å²) in [7, 11) is -7.48. The monoisotopic (exact) mass is 420 g/mol. The van der Waals surface area contributed by atoms with Gasteiger partial charge in [0.2, 0.25) is 20.0 Å². The van der Waals surface area contributed by atoms with E-state index in [2.05, 4.69) is 0 Å². The molecular formula is C15H14Cl2N2O4S2. The SMILES string of the molecule is NS(=O)(=O)c1ccc2c(c1)CCN2S(=O)(=O)Cc1ccc(Cl)c(Cl)c1. The van der Waals surface area contributed by atoms with Crippen molar-refractivity contribution in [1.29, 1.82) is 0 Å². The van der Waals surface area contributed by atoms with Crippen LogP contribution in [0.25, 0.3) is 0 Å². The number of primary sulfonamides is 1. The quantitative estimate of drug-likeness (QED) is 0.821. The van der Waals surface area contributed by atoms with Gasteiger partial charge in [-0.3, -0.25) is 4.31 Å². The number of fused-ring (bicyclic) bond motifs is 1. The van der Waals surface area contributed by atoms with Gasteiger partial charge in [0.25, 0.3) is 0 Å². The summed E-state index contributed by atoms with van der Waals surface area (Å²) in [6.45, 7) is 0.243. The third kappa shape index (κ3) is 3.78. The molecule has 0 amide bonds. The molecular weight excluding hydrogens is 407 g/mol. The van der Waals surface area contributed by atoms with Gasteiger partial charge in [0.15, 0.2) is 0 Å². The highest BCUT2D eigenvalue weighted by molar-refractivity contribution is 7.92. The molecule has 1 aliphatic rings. The molecule has 134 valence electrons. The van der Waals surface area contributed by atoms with Crippen LogP contribution >= 0.6 is 23.2 Å². The second-order valence-corrected chi connectivity index (χ2v) is 9.93. The van der Waals surface area contributed by atoms with Crippen LogP contribution in [-0.4, -0.2) is 23.4 Å². The molecule has 0 unspecified atom stereocenters. The minimum atomic E-state index is -3.83. The zero-order valence-electron chi connectivity index (χ0n) is 12.8. The van der Waals surface area contributed by atoms with Gasteiger partial charge in [0, 0.05) is 6.54 Å². The number of sulfonamides is 2. The Kier molecular flexibility index (Phi) is 4.76. The number of halogens is 2. The summed E-state index contributed by atoms with van der Waals surface area (Å²) in [6.07, 6.45) is 0.416. The van der Waals surface area contributed by atoms with Crippen molar-refractivity contribution in [2.75, 3.05) is 10.8 Å². The summed E-state index contributed by atoms with van der Waals surface area (Å²) < 4.78 is 49.6. The highest BCUT2D eigenvalue weighted by atomic mass is 35.5. The van der Waals surface area contributed by atoms with Crippen LogP contribution in [-0.2, 0) is 32.2 Å². The van der Waals surface area contributed by atoms with E-state index in [0.29, 0.717) is 28.3 Å².